The number of ether oxygens (including phenoxy) is 1. The van der Waals surface area contributed by atoms with Crippen molar-refractivity contribution in [1.82, 2.24) is 4.98 Å². The molecule has 0 aliphatic carbocycles. The number of carbonyl (C=O) groups excluding carboxylic acids is 2. The van der Waals surface area contributed by atoms with Crippen LogP contribution >= 0.6 is 22.9 Å². The van der Waals surface area contributed by atoms with E-state index in [1.807, 2.05) is 13.8 Å². The number of carbonyl (C=O) groups is 2. The van der Waals surface area contributed by atoms with Gasteiger partial charge in [-0.2, -0.15) is 0 Å². The molecule has 1 aliphatic rings. The zero-order valence-corrected chi connectivity index (χ0v) is 19.0. The Morgan fingerprint density at radius 2 is 1.84 bits per heavy atom. The first-order valence-electron chi connectivity index (χ1n) is 9.60. The Morgan fingerprint density at radius 3 is 2.44 bits per heavy atom. The van der Waals surface area contributed by atoms with E-state index in [2.05, 4.69) is 4.98 Å². The van der Waals surface area contributed by atoms with E-state index in [-0.39, 0.29) is 22.8 Å². The number of halogens is 1. The number of aryl methyl sites for hydroxylation is 2. The maximum absolute atomic E-state index is 13.1. The maximum Gasteiger partial charge on any atom is 0.301 e. The number of phenols is 1. The van der Waals surface area contributed by atoms with E-state index in [9.17, 15) is 19.8 Å². The number of aliphatic hydroxyl groups is 1. The molecule has 164 valence electrons. The molecule has 1 aromatic heterocycles. The average Bonchev–Trinajstić information content (AvgIpc) is 3.24. The van der Waals surface area contributed by atoms with E-state index >= 15 is 0 Å². The van der Waals surface area contributed by atoms with Crippen LogP contribution < -0.4 is 9.64 Å². The van der Waals surface area contributed by atoms with E-state index in [1.165, 1.54) is 35.5 Å². The monoisotopic (exact) mass is 470 g/mol. The summed E-state index contributed by atoms with van der Waals surface area (Å²) in [5, 5.41) is 21.9. The van der Waals surface area contributed by atoms with Gasteiger partial charge in [0.15, 0.2) is 16.6 Å². The second-order valence-corrected chi connectivity index (χ2v) is 8.86. The van der Waals surface area contributed by atoms with Crippen LogP contribution in [0.1, 0.15) is 27.7 Å². The van der Waals surface area contributed by atoms with E-state index in [1.54, 1.807) is 30.3 Å². The lowest BCUT2D eigenvalue weighted by molar-refractivity contribution is -0.132. The molecule has 9 heteroatoms. The SMILES string of the molecule is COc1cc(C2/C(=C(\O)c3ccc(Cl)cc3)C(=O)C(=O)N2c2nc(C)c(C)s2)ccc1O. The summed E-state index contributed by atoms with van der Waals surface area (Å²) in [6.07, 6.45) is 0. The highest BCUT2D eigenvalue weighted by Gasteiger charge is 2.48. The van der Waals surface area contributed by atoms with Crippen molar-refractivity contribution >= 4 is 45.5 Å². The summed E-state index contributed by atoms with van der Waals surface area (Å²) in [7, 11) is 1.40. The molecule has 0 spiro atoms. The van der Waals surface area contributed by atoms with E-state index < -0.39 is 17.7 Å². The van der Waals surface area contributed by atoms with Crippen molar-refractivity contribution in [3.63, 3.8) is 0 Å². The first-order valence-corrected chi connectivity index (χ1v) is 10.8. The van der Waals surface area contributed by atoms with Crippen molar-refractivity contribution in [2.75, 3.05) is 12.0 Å². The van der Waals surface area contributed by atoms with Crippen LogP contribution in [0.5, 0.6) is 11.5 Å². The van der Waals surface area contributed by atoms with Crippen molar-refractivity contribution in [3.05, 3.63) is 74.8 Å². The fourth-order valence-electron chi connectivity index (χ4n) is 3.53. The van der Waals surface area contributed by atoms with Crippen LogP contribution in [-0.4, -0.2) is 34.0 Å². The van der Waals surface area contributed by atoms with Gasteiger partial charge in [0.1, 0.15) is 5.76 Å². The number of methoxy groups -OCH3 is 1. The summed E-state index contributed by atoms with van der Waals surface area (Å²) in [4.78, 5) is 32.9. The number of benzene rings is 2. The number of hydrogen-bond acceptors (Lipinski definition) is 7. The highest BCUT2D eigenvalue weighted by atomic mass is 35.5. The summed E-state index contributed by atoms with van der Waals surface area (Å²) in [6.45, 7) is 3.69. The molecule has 2 aromatic carbocycles. The van der Waals surface area contributed by atoms with Crippen LogP contribution in [0.4, 0.5) is 5.13 Å². The molecule has 0 saturated carbocycles. The highest BCUT2D eigenvalue weighted by Crippen LogP contribution is 2.45. The van der Waals surface area contributed by atoms with Gasteiger partial charge in [-0.3, -0.25) is 14.5 Å². The Morgan fingerprint density at radius 1 is 1.16 bits per heavy atom. The molecule has 0 radical (unpaired) electrons. The molecule has 1 aliphatic heterocycles. The minimum Gasteiger partial charge on any atom is -0.507 e. The van der Waals surface area contributed by atoms with Crippen LogP contribution in [0.25, 0.3) is 5.76 Å². The van der Waals surface area contributed by atoms with Gasteiger partial charge in [-0.1, -0.05) is 17.7 Å². The molecular weight excluding hydrogens is 452 g/mol. The molecule has 1 fully saturated rings. The zero-order chi connectivity index (χ0) is 23.2. The standard InChI is InChI=1S/C23H19ClN2O5S/c1-11-12(2)32-23(25-11)26-19(14-6-9-16(27)17(10-14)31-3)18(21(29)22(26)30)20(28)13-4-7-15(24)8-5-13/h4-10,19,27-28H,1-3H3/b20-18+. The van der Waals surface area contributed by atoms with E-state index in [0.29, 0.717) is 21.3 Å². The van der Waals surface area contributed by atoms with Gasteiger partial charge in [-0.15, -0.1) is 11.3 Å². The van der Waals surface area contributed by atoms with Gasteiger partial charge in [0, 0.05) is 15.5 Å². The highest BCUT2D eigenvalue weighted by molar-refractivity contribution is 7.16. The Kier molecular flexibility index (Phi) is 5.66. The largest absolute Gasteiger partial charge is 0.507 e. The summed E-state index contributed by atoms with van der Waals surface area (Å²) in [5.74, 6) is -1.88. The predicted octanol–water partition coefficient (Wildman–Crippen LogP) is 4.75. The molecule has 1 saturated heterocycles. The first-order chi connectivity index (χ1) is 15.2. The first kappa shape index (κ1) is 21.9. The van der Waals surface area contributed by atoms with Crippen LogP contribution in [0.2, 0.25) is 5.02 Å². The van der Waals surface area contributed by atoms with Gasteiger partial charge in [-0.25, -0.2) is 4.98 Å². The number of ketones is 1. The lowest BCUT2D eigenvalue weighted by Gasteiger charge is -2.23. The smallest absolute Gasteiger partial charge is 0.301 e. The molecule has 3 aromatic rings. The minimum absolute atomic E-state index is 0.0874. The second kappa shape index (κ2) is 8.29. The number of aliphatic hydroxyl groups excluding tert-OH is 1. The van der Waals surface area contributed by atoms with Gasteiger partial charge < -0.3 is 14.9 Å². The van der Waals surface area contributed by atoms with Gasteiger partial charge in [0.25, 0.3) is 5.78 Å². The van der Waals surface area contributed by atoms with Crippen molar-refractivity contribution in [1.29, 1.82) is 0 Å². The van der Waals surface area contributed by atoms with Crippen LogP contribution in [-0.2, 0) is 9.59 Å². The van der Waals surface area contributed by atoms with Crippen molar-refractivity contribution in [2.24, 2.45) is 0 Å². The number of aromatic hydroxyl groups is 1. The van der Waals surface area contributed by atoms with Crippen LogP contribution in [0, 0.1) is 13.8 Å². The summed E-state index contributed by atoms with van der Waals surface area (Å²) in [5.41, 5.74) is 1.47. The number of rotatable bonds is 4. The number of nitrogens with zero attached hydrogens (tertiary/aromatic N) is 2. The molecule has 0 bridgehead atoms. The molecule has 4 rings (SSSR count). The number of anilines is 1. The van der Waals surface area contributed by atoms with Gasteiger partial charge in [-0.05, 0) is 55.8 Å². The molecular formula is C23H19ClN2O5S. The topological polar surface area (TPSA) is 100.0 Å². The number of aromatic nitrogens is 1. The average molecular weight is 471 g/mol. The molecule has 1 amide bonds. The van der Waals surface area contributed by atoms with Crippen molar-refractivity contribution in [2.45, 2.75) is 19.9 Å². The number of thiazole rings is 1. The van der Waals surface area contributed by atoms with E-state index in [0.717, 1.165) is 10.6 Å². The maximum atomic E-state index is 13.1. The van der Waals surface area contributed by atoms with Gasteiger partial charge in [0.05, 0.1) is 24.4 Å². The molecule has 1 unspecified atom stereocenters. The number of Topliss-reactive ketones (excluding diaryl/α,β-unsaturated/α-hetero) is 1. The van der Waals surface area contributed by atoms with Gasteiger partial charge >= 0.3 is 5.91 Å². The fraction of sp³-hybridized carbons (Fsp3) is 0.174. The third-order valence-electron chi connectivity index (χ3n) is 5.30. The third-order valence-corrected chi connectivity index (χ3v) is 6.63. The Balaban J connectivity index is 1.97. The summed E-state index contributed by atoms with van der Waals surface area (Å²) < 4.78 is 5.21. The summed E-state index contributed by atoms with van der Waals surface area (Å²) in [6, 6.07) is 9.84. The number of phenolic OH excluding ortho intramolecular Hbond substituents is 1. The Bertz CT molecular complexity index is 1250. The van der Waals surface area contributed by atoms with Crippen LogP contribution in [0.3, 0.4) is 0 Å². The number of amides is 1. The van der Waals surface area contributed by atoms with Gasteiger partial charge in [0.2, 0.25) is 0 Å². The second-order valence-electron chi connectivity index (χ2n) is 7.25. The molecule has 2 heterocycles. The van der Waals surface area contributed by atoms with Crippen molar-refractivity contribution in [3.8, 4) is 11.5 Å². The van der Waals surface area contributed by atoms with E-state index in [4.69, 9.17) is 16.3 Å². The molecule has 1 atom stereocenters. The normalized spacial score (nSPS) is 17.8. The minimum atomic E-state index is -0.967. The molecule has 7 nitrogen and oxygen atoms in total. The Labute approximate surface area is 193 Å². The zero-order valence-electron chi connectivity index (χ0n) is 17.4. The van der Waals surface area contributed by atoms with Crippen LogP contribution in [0.15, 0.2) is 48.0 Å². The summed E-state index contributed by atoms with van der Waals surface area (Å²) >= 11 is 7.23. The Hall–Kier alpha value is -3.36. The predicted molar refractivity (Wildman–Crippen MR) is 122 cm³/mol. The molecule has 32 heavy (non-hydrogen) atoms. The fourth-order valence-corrected chi connectivity index (χ4v) is 4.59. The van der Waals surface area contributed by atoms with Crippen molar-refractivity contribution < 1.29 is 24.5 Å². The third kappa shape index (κ3) is 3.61. The lowest BCUT2D eigenvalue weighted by atomic mass is 9.95. The molecule has 2 N–H and O–H groups in total. The number of hydrogen-bond donors (Lipinski definition) is 2. The quantitative estimate of drug-likeness (QED) is 0.324. The lowest BCUT2D eigenvalue weighted by Crippen LogP contribution is -2.29.